The van der Waals surface area contributed by atoms with Crippen LogP contribution in [-0.2, 0) is 17.8 Å². The lowest BCUT2D eigenvalue weighted by atomic mass is 9.89. The van der Waals surface area contributed by atoms with Crippen LogP contribution in [0.15, 0.2) is 6.20 Å². The summed E-state index contributed by atoms with van der Waals surface area (Å²) in [6.07, 6.45) is -13.8. The van der Waals surface area contributed by atoms with Crippen LogP contribution in [-0.4, -0.2) is 75.0 Å². The van der Waals surface area contributed by atoms with Gasteiger partial charge in [-0.15, -0.1) is 0 Å². The molecule has 0 aromatic carbocycles. The van der Waals surface area contributed by atoms with Crippen LogP contribution in [0.25, 0.3) is 0 Å². The second-order valence-electron chi connectivity index (χ2n) is 8.11. The van der Waals surface area contributed by atoms with Gasteiger partial charge in [-0.1, -0.05) is 0 Å². The van der Waals surface area contributed by atoms with Crippen molar-refractivity contribution < 1.29 is 40.7 Å². The fourth-order valence-electron chi connectivity index (χ4n) is 3.59. The Morgan fingerprint density at radius 2 is 1.76 bits per heavy atom. The van der Waals surface area contributed by atoms with E-state index in [1.165, 1.54) is 4.90 Å². The molecule has 1 aromatic heterocycles. The third-order valence-corrected chi connectivity index (χ3v) is 5.53. The van der Waals surface area contributed by atoms with E-state index in [1.807, 2.05) is 6.19 Å². The van der Waals surface area contributed by atoms with Crippen molar-refractivity contribution in [3.05, 3.63) is 17.7 Å². The summed E-state index contributed by atoms with van der Waals surface area (Å²) < 4.78 is 81.1. The summed E-state index contributed by atoms with van der Waals surface area (Å²) in [5.74, 6) is 0.0210. The second kappa shape index (κ2) is 8.64. The van der Waals surface area contributed by atoms with Crippen LogP contribution in [0.5, 0.6) is 0 Å². The zero-order valence-corrected chi connectivity index (χ0v) is 17.3. The minimum absolute atomic E-state index is 0.0757. The van der Waals surface area contributed by atoms with Crippen LogP contribution >= 0.6 is 0 Å². The topological polar surface area (TPSA) is 103 Å². The van der Waals surface area contributed by atoms with Gasteiger partial charge >= 0.3 is 18.4 Å². The number of nitriles is 1. The molecule has 2 aliphatic heterocycles. The monoisotopic (exact) mass is 482 g/mol. The number of piperidine rings is 1. The molecule has 1 fully saturated rings. The summed E-state index contributed by atoms with van der Waals surface area (Å²) in [7, 11) is 0. The molecule has 0 radical (unpaired) electrons. The van der Waals surface area contributed by atoms with Crippen molar-refractivity contribution in [1.29, 1.82) is 5.26 Å². The fraction of sp³-hybridized carbons (Fsp3) is 0.667. The number of aromatic nitrogens is 2. The zero-order valence-electron chi connectivity index (χ0n) is 17.3. The van der Waals surface area contributed by atoms with Crippen molar-refractivity contribution in [2.24, 2.45) is 0 Å². The summed E-state index contributed by atoms with van der Waals surface area (Å²) in [6.45, 7) is 2.44. The van der Waals surface area contributed by atoms with E-state index in [0.29, 0.717) is 18.9 Å². The van der Waals surface area contributed by atoms with Gasteiger partial charge in [0.05, 0.1) is 6.54 Å². The van der Waals surface area contributed by atoms with Crippen molar-refractivity contribution in [2.45, 2.75) is 56.9 Å². The maximum atomic E-state index is 12.6. The number of imidazole rings is 1. The van der Waals surface area contributed by atoms with Crippen LogP contribution in [0.4, 0.5) is 31.1 Å². The number of ether oxygens (including phenoxy) is 1. The minimum Gasteiger partial charge on any atom is -0.426 e. The van der Waals surface area contributed by atoms with Gasteiger partial charge in [-0.2, -0.15) is 31.6 Å². The maximum Gasteiger partial charge on any atom is 0.434 e. The molecule has 0 aliphatic carbocycles. The molecule has 0 unspecified atom stereocenters. The molecule has 0 atom stereocenters. The Kier molecular flexibility index (Phi) is 6.40. The van der Waals surface area contributed by atoms with Gasteiger partial charge in [0.2, 0.25) is 0 Å². The molecular formula is C18H20F6N6O3. The lowest BCUT2D eigenvalue weighted by Crippen LogP contribution is -2.55. The Hall–Kier alpha value is -3.18. The largest absolute Gasteiger partial charge is 0.434 e. The third kappa shape index (κ3) is 5.60. The standard InChI is InChI=1S/C18H20F6N6O3/c1-16(27-13(31)11-8-30-7-6-28(10-25)9-12(30)26-11)2-4-29(5-3-16)15(32)33-14(17(19,20)21)18(22,23)24/h8,14H,2-7,9H2,1H3,(H,27,31). The van der Waals surface area contributed by atoms with E-state index >= 15 is 0 Å². The first-order valence-electron chi connectivity index (χ1n) is 9.84. The third-order valence-electron chi connectivity index (χ3n) is 5.53. The second-order valence-corrected chi connectivity index (χ2v) is 8.11. The molecule has 182 valence electrons. The zero-order chi connectivity index (χ0) is 24.6. The molecule has 15 heteroatoms. The molecule has 3 heterocycles. The van der Waals surface area contributed by atoms with Crippen LogP contribution in [0.2, 0.25) is 0 Å². The number of likely N-dealkylation sites (tertiary alicyclic amines) is 1. The van der Waals surface area contributed by atoms with Crippen molar-refractivity contribution in [1.82, 2.24) is 24.7 Å². The van der Waals surface area contributed by atoms with Crippen molar-refractivity contribution in [2.75, 3.05) is 19.6 Å². The molecule has 1 N–H and O–H groups in total. The van der Waals surface area contributed by atoms with Crippen LogP contribution < -0.4 is 5.32 Å². The molecular weight excluding hydrogens is 462 g/mol. The highest BCUT2D eigenvalue weighted by molar-refractivity contribution is 5.92. The Morgan fingerprint density at radius 1 is 1.15 bits per heavy atom. The van der Waals surface area contributed by atoms with Gasteiger partial charge in [0.1, 0.15) is 11.5 Å². The molecule has 9 nitrogen and oxygen atoms in total. The smallest absolute Gasteiger partial charge is 0.426 e. The number of hydrogen-bond acceptors (Lipinski definition) is 6. The Balaban J connectivity index is 1.57. The first-order chi connectivity index (χ1) is 15.2. The normalized spacial score (nSPS) is 18.5. The number of carbonyl (C=O) groups is 2. The molecule has 3 rings (SSSR count). The number of hydrogen-bond donors (Lipinski definition) is 1. The average molecular weight is 482 g/mol. The number of halogens is 6. The number of carbonyl (C=O) groups excluding carboxylic acids is 2. The van der Waals surface area contributed by atoms with Crippen LogP contribution in [0, 0.1) is 11.5 Å². The molecule has 0 bridgehead atoms. The molecule has 33 heavy (non-hydrogen) atoms. The number of fused-ring (bicyclic) bond motifs is 1. The van der Waals surface area contributed by atoms with Crippen LogP contribution in [0.3, 0.4) is 0 Å². The summed E-state index contributed by atoms with van der Waals surface area (Å²) in [4.78, 5) is 31.0. The van der Waals surface area contributed by atoms with E-state index in [2.05, 4.69) is 15.0 Å². The summed E-state index contributed by atoms with van der Waals surface area (Å²) >= 11 is 0. The van der Waals surface area contributed by atoms with Gasteiger partial charge in [0.15, 0.2) is 6.19 Å². The molecule has 0 spiro atoms. The van der Waals surface area contributed by atoms with Gasteiger partial charge < -0.3 is 24.4 Å². The summed E-state index contributed by atoms with van der Waals surface area (Å²) in [6, 6.07) is 0. The van der Waals surface area contributed by atoms with Crippen LogP contribution in [0.1, 0.15) is 36.1 Å². The van der Waals surface area contributed by atoms with E-state index < -0.39 is 36.0 Å². The van der Waals surface area contributed by atoms with Crippen molar-refractivity contribution in [3.8, 4) is 6.19 Å². The van der Waals surface area contributed by atoms with E-state index in [9.17, 15) is 35.9 Å². The quantitative estimate of drug-likeness (QED) is 0.524. The first-order valence-corrected chi connectivity index (χ1v) is 9.84. The van der Waals surface area contributed by atoms with E-state index in [1.54, 1.807) is 17.7 Å². The van der Waals surface area contributed by atoms with Crippen molar-refractivity contribution in [3.63, 3.8) is 0 Å². The molecule has 1 saturated heterocycles. The number of nitrogens with zero attached hydrogens (tertiary/aromatic N) is 5. The highest BCUT2D eigenvalue weighted by atomic mass is 19.4. The van der Waals surface area contributed by atoms with E-state index in [-0.39, 0.29) is 38.2 Å². The van der Waals surface area contributed by atoms with Gasteiger partial charge in [0.25, 0.3) is 12.0 Å². The van der Waals surface area contributed by atoms with E-state index in [0.717, 1.165) is 4.90 Å². The minimum atomic E-state index is -5.79. The number of amides is 2. The highest BCUT2D eigenvalue weighted by Crippen LogP contribution is 2.36. The lowest BCUT2D eigenvalue weighted by Gasteiger charge is -2.39. The Labute approximate surface area is 183 Å². The number of nitrogens with one attached hydrogen (secondary N) is 1. The van der Waals surface area contributed by atoms with Crippen molar-refractivity contribution >= 4 is 12.0 Å². The average Bonchev–Trinajstić information content (AvgIpc) is 3.14. The van der Waals surface area contributed by atoms with Gasteiger partial charge in [-0.05, 0) is 19.8 Å². The predicted molar refractivity (Wildman–Crippen MR) is 97.3 cm³/mol. The summed E-state index contributed by atoms with van der Waals surface area (Å²) in [5.41, 5.74) is -0.754. The lowest BCUT2D eigenvalue weighted by molar-refractivity contribution is -0.308. The first kappa shape index (κ1) is 24.5. The molecule has 0 saturated carbocycles. The van der Waals surface area contributed by atoms with E-state index in [4.69, 9.17) is 5.26 Å². The molecule has 2 aliphatic rings. The number of alkyl halides is 6. The Morgan fingerprint density at radius 3 is 2.30 bits per heavy atom. The molecule has 1 aromatic rings. The van der Waals surface area contributed by atoms with Gasteiger partial charge in [-0.25, -0.2) is 9.78 Å². The Bertz CT molecular complexity index is 931. The number of rotatable bonds is 3. The maximum absolute atomic E-state index is 12.6. The van der Waals surface area contributed by atoms with Gasteiger partial charge in [-0.3, -0.25) is 4.79 Å². The fourth-order valence-corrected chi connectivity index (χ4v) is 3.59. The molecule has 2 amide bonds. The summed E-state index contributed by atoms with van der Waals surface area (Å²) in [5, 5.41) is 11.7. The predicted octanol–water partition coefficient (Wildman–Crippen LogP) is 2.39. The van der Waals surface area contributed by atoms with Gasteiger partial charge in [0, 0.05) is 37.9 Å². The highest BCUT2D eigenvalue weighted by Gasteiger charge is 2.60. The SMILES string of the molecule is CC1(NC(=O)c2cn3c(n2)CN(C#N)CC3)CCN(C(=O)OC(C(F)(F)F)C(F)(F)F)CC1.